The molecule has 0 aromatic heterocycles. The zero-order chi connectivity index (χ0) is 12.8. The summed E-state index contributed by atoms with van der Waals surface area (Å²) < 4.78 is 26.4. The topological polar surface area (TPSA) is 63.4 Å². The maximum atomic E-state index is 12.3. The molecule has 1 aromatic rings. The third-order valence-electron chi connectivity index (χ3n) is 2.75. The van der Waals surface area contributed by atoms with Crippen molar-refractivity contribution in [1.29, 1.82) is 0 Å². The molecule has 0 unspecified atom stereocenters. The Kier molecular flexibility index (Phi) is 3.42. The first-order valence-electron chi connectivity index (χ1n) is 5.06. The highest BCUT2D eigenvalue weighted by Crippen LogP contribution is 2.36. The molecule has 0 atom stereocenters. The lowest BCUT2D eigenvalue weighted by atomic mass is 10.3. The number of nitrogen functional groups attached to an aromatic ring is 1. The Morgan fingerprint density at radius 2 is 2.06 bits per heavy atom. The number of halogens is 2. The molecule has 0 aliphatic heterocycles. The minimum Gasteiger partial charge on any atom is -0.398 e. The van der Waals surface area contributed by atoms with Crippen LogP contribution in [0.3, 0.4) is 0 Å². The fraction of sp³-hybridized carbons (Fsp3) is 0.400. The van der Waals surface area contributed by atoms with Crippen molar-refractivity contribution in [1.82, 2.24) is 4.31 Å². The van der Waals surface area contributed by atoms with E-state index in [4.69, 9.17) is 17.3 Å². The molecule has 0 radical (unpaired) electrons. The minimum atomic E-state index is -3.53. The second-order valence-corrected chi connectivity index (χ2v) is 7.25. The number of hydrogen-bond donors (Lipinski definition) is 1. The number of nitrogens with zero attached hydrogens (tertiary/aromatic N) is 1. The lowest BCUT2D eigenvalue weighted by molar-refractivity contribution is 0.464. The number of rotatable bonds is 3. The predicted molar refractivity (Wildman–Crippen MR) is 71.5 cm³/mol. The van der Waals surface area contributed by atoms with Crippen LogP contribution in [0.1, 0.15) is 12.8 Å². The van der Waals surface area contributed by atoms with Gasteiger partial charge in [-0.05, 0) is 40.9 Å². The van der Waals surface area contributed by atoms with Crippen LogP contribution in [0, 0.1) is 0 Å². The van der Waals surface area contributed by atoms with E-state index in [1.807, 2.05) is 0 Å². The van der Waals surface area contributed by atoms with Crippen LogP contribution in [0.4, 0.5) is 5.69 Å². The van der Waals surface area contributed by atoms with Crippen LogP contribution in [-0.4, -0.2) is 25.8 Å². The highest BCUT2D eigenvalue weighted by Gasteiger charge is 2.36. The summed E-state index contributed by atoms with van der Waals surface area (Å²) in [5.74, 6) is 0. The molecule has 0 saturated heterocycles. The second kappa shape index (κ2) is 4.42. The number of nitrogens with two attached hydrogens (primary N) is 1. The normalized spacial score (nSPS) is 16.5. The summed E-state index contributed by atoms with van der Waals surface area (Å²) in [5, 5.41) is 0.313. The fourth-order valence-electron chi connectivity index (χ4n) is 1.56. The van der Waals surface area contributed by atoms with Crippen molar-refractivity contribution in [2.75, 3.05) is 12.8 Å². The van der Waals surface area contributed by atoms with Gasteiger partial charge in [-0.3, -0.25) is 0 Å². The summed E-state index contributed by atoms with van der Waals surface area (Å²) in [7, 11) is -1.95. The largest absolute Gasteiger partial charge is 0.398 e. The van der Waals surface area contributed by atoms with Crippen LogP contribution >= 0.6 is 27.5 Å². The molecule has 1 aromatic carbocycles. The van der Waals surface area contributed by atoms with Crippen LogP contribution in [0.25, 0.3) is 0 Å². The van der Waals surface area contributed by atoms with E-state index in [0.717, 1.165) is 12.8 Å². The molecule has 0 spiro atoms. The van der Waals surface area contributed by atoms with Gasteiger partial charge < -0.3 is 5.73 Å². The van der Waals surface area contributed by atoms with E-state index in [2.05, 4.69) is 15.9 Å². The quantitative estimate of drug-likeness (QED) is 0.860. The van der Waals surface area contributed by atoms with Crippen molar-refractivity contribution in [3.05, 3.63) is 21.6 Å². The number of benzene rings is 1. The third kappa shape index (κ3) is 2.45. The van der Waals surface area contributed by atoms with Crippen LogP contribution in [0.15, 0.2) is 21.5 Å². The highest BCUT2D eigenvalue weighted by atomic mass is 79.9. The van der Waals surface area contributed by atoms with Crippen LogP contribution < -0.4 is 5.73 Å². The van der Waals surface area contributed by atoms with Crippen LogP contribution in [0.5, 0.6) is 0 Å². The number of hydrogen-bond acceptors (Lipinski definition) is 3. The zero-order valence-electron chi connectivity index (χ0n) is 9.15. The first-order valence-corrected chi connectivity index (χ1v) is 7.67. The van der Waals surface area contributed by atoms with E-state index >= 15 is 0 Å². The molecule has 0 amide bonds. The van der Waals surface area contributed by atoms with Gasteiger partial charge >= 0.3 is 0 Å². The maximum absolute atomic E-state index is 12.3. The molecule has 17 heavy (non-hydrogen) atoms. The molecule has 94 valence electrons. The van der Waals surface area contributed by atoms with Gasteiger partial charge in [0.2, 0.25) is 10.0 Å². The first kappa shape index (κ1) is 13.1. The van der Waals surface area contributed by atoms with E-state index in [1.54, 1.807) is 7.05 Å². The summed E-state index contributed by atoms with van der Waals surface area (Å²) in [5.41, 5.74) is 6.02. The van der Waals surface area contributed by atoms with Crippen molar-refractivity contribution in [3.8, 4) is 0 Å². The SMILES string of the molecule is CN(C1CC1)S(=O)(=O)c1cc(Cl)cc(N)c1Br. The average Bonchev–Trinajstić information content (AvgIpc) is 3.05. The van der Waals surface area contributed by atoms with Gasteiger partial charge in [0.15, 0.2) is 0 Å². The molecular weight excluding hydrogens is 328 g/mol. The number of sulfonamides is 1. The molecule has 4 nitrogen and oxygen atoms in total. The number of anilines is 1. The standard InChI is InChI=1S/C10H12BrClN2O2S/c1-14(7-2-3-7)17(15,16)9-5-6(12)4-8(13)10(9)11/h4-5,7H,2-3,13H2,1H3. The van der Waals surface area contributed by atoms with Gasteiger partial charge in [-0.15, -0.1) is 0 Å². The van der Waals surface area contributed by atoms with Gasteiger partial charge in [0.1, 0.15) is 0 Å². The third-order valence-corrected chi connectivity index (χ3v) is 6.05. The van der Waals surface area contributed by atoms with Crippen molar-refractivity contribution in [3.63, 3.8) is 0 Å². The maximum Gasteiger partial charge on any atom is 0.244 e. The summed E-state index contributed by atoms with van der Waals surface area (Å²) >= 11 is 9.04. The Balaban J connectivity index is 2.52. The lowest BCUT2D eigenvalue weighted by Crippen LogP contribution is -2.29. The summed E-state index contributed by atoms with van der Waals surface area (Å²) in [6, 6.07) is 3.03. The molecule has 1 aliphatic carbocycles. The molecular formula is C10H12BrClN2O2S. The van der Waals surface area contributed by atoms with Crippen LogP contribution in [-0.2, 0) is 10.0 Å². The van der Waals surface area contributed by atoms with Crippen molar-refractivity contribution in [2.45, 2.75) is 23.8 Å². The molecule has 1 saturated carbocycles. The van der Waals surface area contributed by atoms with Gasteiger partial charge in [-0.1, -0.05) is 11.6 Å². The molecule has 1 fully saturated rings. The Bertz CT molecular complexity index is 558. The van der Waals surface area contributed by atoms with Crippen molar-refractivity contribution in [2.24, 2.45) is 0 Å². The Labute approximate surface area is 114 Å². The highest BCUT2D eigenvalue weighted by molar-refractivity contribution is 9.10. The summed E-state index contributed by atoms with van der Waals surface area (Å²) in [6.07, 6.45) is 1.81. The van der Waals surface area contributed by atoms with Gasteiger partial charge in [0.05, 0.1) is 9.37 Å². The Morgan fingerprint density at radius 3 is 2.59 bits per heavy atom. The van der Waals surface area contributed by atoms with Gasteiger partial charge in [0.25, 0.3) is 0 Å². The molecule has 0 heterocycles. The van der Waals surface area contributed by atoms with Gasteiger partial charge in [-0.25, -0.2) is 8.42 Å². The first-order chi connectivity index (χ1) is 7.84. The molecule has 7 heteroatoms. The fourth-order valence-corrected chi connectivity index (χ4v) is 4.23. The average molecular weight is 340 g/mol. The van der Waals surface area contributed by atoms with E-state index in [9.17, 15) is 8.42 Å². The molecule has 1 aliphatic rings. The van der Waals surface area contributed by atoms with Crippen LogP contribution in [0.2, 0.25) is 5.02 Å². The molecule has 2 N–H and O–H groups in total. The Hall–Kier alpha value is -0.300. The Morgan fingerprint density at radius 1 is 1.47 bits per heavy atom. The second-order valence-electron chi connectivity index (χ2n) is 4.06. The molecule has 0 bridgehead atoms. The van der Waals surface area contributed by atoms with E-state index in [-0.39, 0.29) is 10.9 Å². The minimum absolute atomic E-state index is 0.104. The molecule has 2 rings (SSSR count). The monoisotopic (exact) mass is 338 g/mol. The van der Waals surface area contributed by atoms with E-state index < -0.39 is 10.0 Å². The zero-order valence-corrected chi connectivity index (χ0v) is 12.3. The van der Waals surface area contributed by atoms with Gasteiger partial charge in [0, 0.05) is 23.8 Å². The smallest absolute Gasteiger partial charge is 0.244 e. The van der Waals surface area contributed by atoms with E-state index in [0.29, 0.717) is 15.2 Å². The van der Waals surface area contributed by atoms with Crippen molar-refractivity contribution < 1.29 is 8.42 Å². The summed E-state index contributed by atoms with van der Waals surface area (Å²) in [6.45, 7) is 0. The van der Waals surface area contributed by atoms with Gasteiger partial charge in [-0.2, -0.15) is 4.31 Å². The predicted octanol–water partition coefficient (Wildman–Crippen LogP) is 2.47. The van der Waals surface area contributed by atoms with Crippen molar-refractivity contribution >= 4 is 43.2 Å². The summed E-state index contributed by atoms with van der Waals surface area (Å²) in [4.78, 5) is 0.122. The van der Waals surface area contributed by atoms with E-state index in [1.165, 1.54) is 16.4 Å². The lowest BCUT2D eigenvalue weighted by Gasteiger charge is -2.18.